The third-order valence-corrected chi connectivity index (χ3v) is 3.45. The summed E-state index contributed by atoms with van der Waals surface area (Å²) in [4.78, 5) is 3.06. The van der Waals surface area contributed by atoms with Crippen molar-refractivity contribution in [2.75, 3.05) is 0 Å². The molecule has 1 aromatic rings. The zero-order valence-corrected chi connectivity index (χ0v) is 10.4. The molecule has 6 heteroatoms. The van der Waals surface area contributed by atoms with Crippen molar-refractivity contribution in [3.05, 3.63) is 41.0 Å². The van der Waals surface area contributed by atoms with Crippen LogP contribution >= 0.6 is 0 Å². The van der Waals surface area contributed by atoms with Crippen LogP contribution in [0.3, 0.4) is 0 Å². The molecule has 4 nitrogen and oxygen atoms in total. The lowest BCUT2D eigenvalue weighted by Crippen LogP contribution is -2.31. The average molecular weight is 256 g/mol. The Hall–Kier alpha value is -1.45. The summed E-state index contributed by atoms with van der Waals surface area (Å²) in [7, 11) is -3.54. The summed E-state index contributed by atoms with van der Waals surface area (Å²) in [6.45, 7) is 10.1. The SMILES string of the molecule is [C-]#[N+]c1ccc(CS(=O)(=O)NC(C)C)c(F)c1. The van der Waals surface area contributed by atoms with Gasteiger partial charge < -0.3 is 0 Å². The summed E-state index contributed by atoms with van der Waals surface area (Å²) in [6.07, 6.45) is 0. The molecule has 0 radical (unpaired) electrons. The molecule has 0 unspecified atom stereocenters. The van der Waals surface area contributed by atoms with Gasteiger partial charge in [0.1, 0.15) is 5.82 Å². The minimum Gasteiger partial charge on any atom is -0.238 e. The van der Waals surface area contributed by atoms with E-state index in [0.717, 1.165) is 6.07 Å². The van der Waals surface area contributed by atoms with Gasteiger partial charge in [0, 0.05) is 11.6 Å². The van der Waals surface area contributed by atoms with Crippen LogP contribution in [0.15, 0.2) is 18.2 Å². The fraction of sp³-hybridized carbons (Fsp3) is 0.364. The van der Waals surface area contributed by atoms with Crippen molar-refractivity contribution in [3.63, 3.8) is 0 Å². The second kappa shape index (κ2) is 5.25. The van der Waals surface area contributed by atoms with Crippen LogP contribution in [0.2, 0.25) is 0 Å². The minimum absolute atomic E-state index is 0.0607. The number of hydrogen-bond acceptors (Lipinski definition) is 2. The molecule has 0 spiro atoms. The highest BCUT2D eigenvalue weighted by molar-refractivity contribution is 7.88. The van der Waals surface area contributed by atoms with Gasteiger partial charge in [-0.2, -0.15) is 0 Å². The minimum atomic E-state index is -3.54. The van der Waals surface area contributed by atoms with E-state index in [9.17, 15) is 12.8 Å². The molecule has 0 amide bonds. The van der Waals surface area contributed by atoms with Crippen molar-refractivity contribution >= 4 is 15.7 Å². The van der Waals surface area contributed by atoms with Gasteiger partial charge in [0.15, 0.2) is 5.69 Å². The first-order chi connectivity index (χ1) is 7.84. The smallest absolute Gasteiger partial charge is 0.216 e. The van der Waals surface area contributed by atoms with Crippen molar-refractivity contribution in [2.24, 2.45) is 0 Å². The van der Waals surface area contributed by atoms with Gasteiger partial charge in [0.25, 0.3) is 0 Å². The Labute approximate surface area is 100 Å². The standard InChI is InChI=1S/C11H13FN2O2S/c1-8(2)14-17(15,16)7-9-4-5-10(13-3)6-11(9)12/h4-6,8,14H,7H2,1-2H3. The van der Waals surface area contributed by atoms with Crippen LogP contribution < -0.4 is 4.72 Å². The lowest BCUT2D eigenvalue weighted by molar-refractivity contribution is 0.564. The van der Waals surface area contributed by atoms with Gasteiger partial charge in [-0.05, 0) is 19.9 Å². The zero-order chi connectivity index (χ0) is 13.1. The fourth-order valence-corrected chi connectivity index (χ4v) is 2.77. The maximum Gasteiger partial charge on any atom is 0.216 e. The number of halogens is 1. The Morgan fingerprint density at radius 3 is 2.59 bits per heavy atom. The molecular formula is C11H13FN2O2S. The van der Waals surface area contributed by atoms with Crippen molar-refractivity contribution in [3.8, 4) is 0 Å². The van der Waals surface area contributed by atoms with Gasteiger partial charge in [0.05, 0.1) is 12.3 Å². The first-order valence-corrected chi connectivity index (χ1v) is 6.65. The van der Waals surface area contributed by atoms with Crippen LogP contribution in [0.1, 0.15) is 19.4 Å². The molecule has 0 heterocycles. The molecule has 0 aromatic heterocycles. The molecule has 1 N–H and O–H groups in total. The molecule has 0 bridgehead atoms. The average Bonchev–Trinajstić information content (AvgIpc) is 2.18. The lowest BCUT2D eigenvalue weighted by Gasteiger charge is -2.10. The van der Waals surface area contributed by atoms with E-state index in [2.05, 4.69) is 9.57 Å². The van der Waals surface area contributed by atoms with Crippen molar-refractivity contribution < 1.29 is 12.8 Å². The van der Waals surface area contributed by atoms with Crippen LogP contribution in [0, 0.1) is 12.4 Å². The van der Waals surface area contributed by atoms with E-state index in [4.69, 9.17) is 6.57 Å². The quantitative estimate of drug-likeness (QED) is 0.840. The lowest BCUT2D eigenvalue weighted by atomic mass is 10.2. The highest BCUT2D eigenvalue weighted by Crippen LogP contribution is 2.18. The van der Waals surface area contributed by atoms with E-state index in [1.807, 2.05) is 0 Å². The van der Waals surface area contributed by atoms with Crippen molar-refractivity contribution in [1.82, 2.24) is 4.72 Å². The maximum absolute atomic E-state index is 13.5. The normalized spacial score (nSPS) is 11.5. The van der Waals surface area contributed by atoms with Gasteiger partial charge in [-0.1, -0.05) is 12.1 Å². The Morgan fingerprint density at radius 1 is 1.47 bits per heavy atom. The summed E-state index contributed by atoms with van der Waals surface area (Å²) in [5, 5.41) is 0. The second-order valence-electron chi connectivity index (χ2n) is 3.92. The fourth-order valence-electron chi connectivity index (χ4n) is 1.33. The number of rotatable bonds is 4. The van der Waals surface area contributed by atoms with E-state index in [1.54, 1.807) is 13.8 Å². The van der Waals surface area contributed by atoms with Gasteiger partial charge in [-0.15, -0.1) is 0 Å². The number of nitrogens with one attached hydrogen (secondary N) is 1. The molecular weight excluding hydrogens is 243 g/mol. The Bertz CT molecular complexity index is 547. The van der Waals surface area contributed by atoms with Gasteiger partial charge in [0.2, 0.25) is 10.0 Å². The van der Waals surface area contributed by atoms with E-state index >= 15 is 0 Å². The summed E-state index contributed by atoms with van der Waals surface area (Å²) in [5.74, 6) is -1.09. The van der Waals surface area contributed by atoms with Crippen LogP contribution in [-0.2, 0) is 15.8 Å². The van der Waals surface area contributed by atoms with E-state index in [0.29, 0.717) is 0 Å². The summed E-state index contributed by atoms with van der Waals surface area (Å²) < 4.78 is 39.0. The first kappa shape index (κ1) is 13.6. The number of sulfonamides is 1. The third kappa shape index (κ3) is 4.13. The summed E-state index contributed by atoms with van der Waals surface area (Å²) in [6, 6.07) is 3.52. The predicted molar refractivity (Wildman–Crippen MR) is 63.6 cm³/mol. The Kier molecular flexibility index (Phi) is 4.21. The first-order valence-electron chi connectivity index (χ1n) is 5.00. The highest BCUT2D eigenvalue weighted by Gasteiger charge is 2.15. The largest absolute Gasteiger partial charge is 0.238 e. The molecule has 0 fully saturated rings. The van der Waals surface area contributed by atoms with Crippen LogP contribution in [-0.4, -0.2) is 14.5 Å². The van der Waals surface area contributed by atoms with Gasteiger partial charge in [-0.3, -0.25) is 0 Å². The topological polar surface area (TPSA) is 50.5 Å². The molecule has 1 aromatic carbocycles. The number of hydrogen-bond donors (Lipinski definition) is 1. The molecule has 0 aliphatic heterocycles. The van der Waals surface area contributed by atoms with Crippen LogP contribution in [0.25, 0.3) is 4.85 Å². The van der Waals surface area contributed by atoms with Crippen LogP contribution in [0.5, 0.6) is 0 Å². The van der Waals surface area contributed by atoms with E-state index in [-0.39, 0.29) is 17.3 Å². The van der Waals surface area contributed by atoms with Gasteiger partial charge in [-0.25, -0.2) is 22.4 Å². The monoisotopic (exact) mass is 256 g/mol. The predicted octanol–water partition coefficient (Wildman–Crippen LogP) is 2.20. The molecule has 0 aliphatic carbocycles. The highest BCUT2D eigenvalue weighted by atomic mass is 32.2. The maximum atomic E-state index is 13.5. The zero-order valence-electron chi connectivity index (χ0n) is 9.57. The molecule has 0 saturated carbocycles. The Morgan fingerprint density at radius 2 is 2.12 bits per heavy atom. The molecule has 1 rings (SSSR count). The summed E-state index contributed by atoms with van der Waals surface area (Å²) >= 11 is 0. The number of nitrogens with zero attached hydrogens (tertiary/aromatic N) is 1. The molecule has 92 valence electrons. The molecule has 17 heavy (non-hydrogen) atoms. The van der Waals surface area contributed by atoms with Crippen molar-refractivity contribution in [1.29, 1.82) is 0 Å². The third-order valence-electron chi connectivity index (χ3n) is 1.93. The Balaban J connectivity index is 2.94. The van der Waals surface area contributed by atoms with E-state index < -0.39 is 21.6 Å². The van der Waals surface area contributed by atoms with Crippen molar-refractivity contribution in [2.45, 2.75) is 25.6 Å². The second-order valence-corrected chi connectivity index (χ2v) is 5.67. The number of benzene rings is 1. The summed E-state index contributed by atoms with van der Waals surface area (Å²) in [5.41, 5.74) is 0.214. The molecule has 0 atom stereocenters. The van der Waals surface area contributed by atoms with Crippen LogP contribution in [0.4, 0.5) is 10.1 Å². The molecule has 0 saturated heterocycles. The molecule has 0 aliphatic rings. The van der Waals surface area contributed by atoms with E-state index in [1.165, 1.54) is 12.1 Å². The van der Waals surface area contributed by atoms with Gasteiger partial charge >= 0.3 is 0 Å².